The molecule has 5 rings (SSSR count). The Bertz CT molecular complexity index is 1120. The van der Waals surface area contributed by atoms with Crippen LogP contribution in [0.4, 0.5) is 5.69 Å². The Morgan fingerprint density at radius 3 is 2.33 bits per heavy atom. The summed E-state index contributed by atoms with van der Waals surface area (Å²) in [7, 11) is 1.63. The Balaban J connectivity index is 1.19. The maximum atomic E-state index is 13.0. The number of carbonyl (C=O) groups excluding carboxylic acids is 2. The number of amides is 2. The zero-order valence-corrected chi connectivity index (χ0v) is 18.6. The molecule has 8 heteroatoms. The highest BCUT2D eigenvalue weighted by Gasteiger charge is 2.38. The van der Waals surface area contributed by atoms with E-state index in [2.05, 4.69) is 10.00 Å². The van der Waals surface area contributed by atoms with Crippen molar-refractivity contribution < 1.29 is 14.3 Å². The van der Waals surface area contributed by atoms with Crippen molar-refractivity contribution in [3.05, 3.63) is 72.6 Å². The van der Waals surface area contributed by atoms with Gasteiger partial charge in [0.1, 0.15) is 5.75 Å². The molecule has 0 aliphatic carbocycles. The molecule has 170 valence electrons. The predicted octanol–water partition coefficient (Wildman–Crippen LogP) is 2.44. The summed E-state index contributed by atoms with van der Waals surface area (Å²) >= 11 is 0. The molecule has 0 spiro atoms. The summed E-state index contributed by atoms with van der Waals surface area (Å²) in [5.74, 6) is 0.845. The van der Waals surface area contributed by atoms with E-state index < -0.39 is 0 Å². The van der Waals surface area contributed by atoms with E-state index in [0.717, 1.165) is 30.1 Å². The molecule has 2 saturated heterocycles. The Labute approximate surface area is 193 Å². The largest absolute Gasteiger partial charge is 0.497 e. The monoisotopic (exact) mass is 445 g/mol. The smallest absolute Gasteiger partial charge is 0.274 e. The fourth-order valence-corrected chi connectivity index (χ4v) is 4.58. The molecule has 3 heterocycles. The number of ether oxygens (including phenoxy) is 1. The number of benzene rings is 2. The van der Waals surface area contributed by atoms with Crippen LogP contribution in [0.1, 0.15) is 16.9 Å². The number of hydrogen-bond donors (Lipinski definition) is 0. The predicted molar refractivity (Wildman–Crippen MR) is 125 cm³/mol. The lowest BCUT2D eigenvalue weighted by molar-refractivity contribution is -0.122. The van der Waals surface area contributed by atoms with Gasteiger partial charge in [0.05, 0.1) is 18.8 Å². The van der Waals surface area contributed by atoms with E-state index in [4.69, 9.17) is 4.74 Å². The molecule has 2 fully saturated rings. The Hall–Kier alpha value is -3.65. The van der Waals surface area contributed by atoms with Gasteiger partial charge in [0.25, 0.3) is 5.91 Å². The lowest BCUT2D eigenvalue weighted by Gasteiger charge is -2.37. The van der Waals surface area contributed by atoms with Crippen LogP contribution < -0.4 is 9.64 Å². The van der Waals surface area contributed by atoms with Crippen LogP contribution in [0.25, 0.3) is 5.69 Å². The van der Waals surface area contributed by atoms with Crippen LogP contribution in [0.3, 0.4) is 0 Å². The molecule has 3 aromatic rings. The van der Waals surface area contributed by atoms with Gasteiger partial charge in [0.15, 0.2) is 5.69 Å². The minimum atomic E-state index is -0.114. The molecule has 1 unspecified atom stereocenters. The average molecular weight is 446 g/mol. The Morgan fingerprint density at radius 2 is 1.64 bits per heavy atom. The lowest BCUT2D eigenvalue weighted by Crippen LogP contribution is -2.53. The van der Waals surface area contributed by atoms with Crippen molar-refractivity contribution in [2.24, 2.45) is 0 Å². The van der Waals surface area contributed by atoms with Gasteiger partial charge in [-0.25, -0.2) is 4.68 Å². The molecule has 2 aliphatic rings. The van der Waals surface area contributed by atoms with E-state index in [1.165, 1.54) is 0 Å². The summed E-state index contributed by atoms with van der Waals surface area (Å²) < 4.78 is 6.88. The topological polar surface area (TPSA) is 70.9 Å². The number of aromatic nitrogens is 2. The summed E-state index contributed by atoms with van der Waals surface area (Å²) in [6.45, 7) is 3.27. The molecule has 0 N–H and O–H groups in total. The fraction of sp³-hybridized carbons (Fsp3) is 0.320. The second-order valence-corrected chi connectivity index (χ2v) is 8.30. The van der Waals surface area contributed by atoms with Crippen LogP contribution in [-0.2, 0) is 4.79 Å². The van der Waals surface area contributed by atoms with Crippen molar-refractivity contribution in [3.8, 4) is 11.4 Å². The third-order valence-electron chi connectivity index (χ3n) is 6.43. The van der Waals surface area contributed by atoms with Crippen LogP contribution in [0.15, 0.2) is 66.9 Å². The van der Waals surface area contributed by atoms with Crippen LogP contribution in [0.2, 0.25) is 0 Å². The van der Waals surface area contributed by atoms with Crippen LogP contribution >= 0.6 is 0 Å². The number of methoxy groups -OCH3 is 1. The highest BCUT2D eigenvalue weighted by molar-refractivity contribution is 5.99. The van der Waals surface area contributed by atoms with E-state index >= 15 is 0 Å². The summed E-state index contributed by atoms with van der Waals surface area (Å²) in [5.41, 5.74) is 2.24. The van der Waals surface area contributed by atoms with E-state index in [1.807, 2.05) is 64.4 Å². The molecule has 2 aliphatic heterocycles. The van der Waals surface area contributed by atoms with Gasteiger partial charge in [-0.15, -0.1) is 0 Å². The first-order valence-electron chi connectivity index (χ1n) is 11.2. The highest BCUT2D eigenvalue weighted by Crippen LogP contribution is 2.25. The van der Waals surface area contributed by atoms with Crippen molar-refractivity contribution in [2.75, 3.05) is 44.7 Å². The van der Waals surface area contributed by atoms with Crippen molar-refractivity contribution >= 4 is 17.5 Å². The van der Waals surface area contributed by atoms with Crippen molar-refractivity contribution in [1.29, 1.82) is 0 Å². The minimum absolute atomic E-state index is 0.0782. The molecule has 1 aromatic heterocycles. The van der Waals surface area contributed by atoms with Gasteiger partial charge in [0.2, 0.25) is 5.91 Å². The van der Waals surface area contributed by atoms with Crippen molar-refractivity contribution in [3.63, 3.8) is 0 Å². The van der Waals surface area contributed by atoms with E-state index in [1.54, 1.807) is 24.1 Å². The van der Waals surface area contributed by atoms with Gasteiger partial charge < -0.3 is 14.5 Å². The number of para-hydroxylation sites is 1. The standard InChI is InChI=1S/C25H27N5O3/c1-33-21-9-7-20(8-10-21)30-14-11-22(26-30)24(31)28-17-15-27(16-18-28)23-12-13-29(25(23)32)19-5-3-2-4-6-19/h2-11,14,23H,12-13,15-18H2,1H3. The Kier molecular flexibility index (Phi) is 5.83. The summed E-state index contributed by atoms with van der Waals surface area (Å²) in [6, 6.07) is 19.0. The molecule has 1 atom stereocenters. The molecule has 8 nitrogen and oxygen atoms in total. The van der Waals surface area contributed by atoms with E-state index in [-0.39, 0.29) is 17.9 Å². The highest BCUT2D eigenvalue weighted by atomic mass is 16.5. The molecule has 0 bridgehead atoms. The minimum Gasteiger partial charge on any atom is -0.497 e. The Morgan fingerprint density at radius 1 is 0.909 bits per heavy atom. The number of nitrogens with zero attached hydrogens (tertiary/aromatic N) is 5. The zero-order valence-electron chi connectivity index (χ0n) is 18.6. The first kappa shape index (κ1) is 21.2. The number of piperazine rings is 1. The van der Waals surface area contributed by atoms with Crippen molar-refractivity contribution in [1.82, 2.24) is 19.6 Å². The van der Waals surface area contributed by atoms with Crippen LogP contribution in [-0.4, -0.2) is 77.3 Å². The maximum absolute atomic E-state index is 13.0. The first-order chi connectivity index (χ1) is 16.1. The summed E-state index contributed by atoms with van der Waals surface area (Å²) in [4.78, 5) is 31.9. The normalized spacial score (nSPS) is 19.2. The second kappa shape index (κ2) is 9.07. The number of hydrogen-bond acceptors (Lipinski definition) is 5. The van der Waals surface area contributed by atoms with E-state index in [9.17, 15) is 9.59 Å². The van der Waals surface area contributed by atoms with Gasteiger partial charge in [-0.05, 0) is 48.9 Å². The molecular formula is C25H27N5O3. The van der Waals surface area contributed by atoms with Gasteiger partial charge in [-0.1, -0.05) is 18.2 Å². The van der Waals surface area contributed by atoms with Gasteiger partial charge in [-0.3, -0.25) is 14.5 Å². The SMILES string of the molecule is COc1ccc(-n2ccc(C(=O)N3CCN(C4CCN(c5ccccc5)C4=O)CC3)n2)cc1. The third kappa shape index (κ3) is 4.21. The molecular weight excluding hydrogens is 418 g/mol. The first-order valence-corrected chi connectivity index (χ1v) is 11.2. The molecule has 0 saturated carbocycles. The van der Waals surface area contributed by atoms with Gasteiger partial charge in [-0.2, -0.15) is 5.10 Å². The number of rotatable bonds is 5. The van der Waals surface area contributed by atoms with E-state index in [0.29, 0.717) is 31.9 Å². The number of carbonyl (C=O) groups is 2. The second-order valence-electron chi connectivity index (χ2n) is 8.30. The fourth-order valence-electron chi connectivity index (χ4n) is 4.58. The molecule has 2 amide bonds. The molecule has 0 radical (unpaired) electrons. The lowest BCUT2D eigenvalue weighted by atomic mass is 10.1. The zero-order chi connectivity index (χ0) is 22.8. The van der Waals surface area contributed by atoms with Gasteiger partial charge >= 0.3 is 0 Å². The third-order valence-corrected chi connectivity index (χ3v) is 6.43. The van der Waals surface area contributed by atoms with Crippen LogP contribution in [0.5, 0.6) is 5.75 Å². The van der Waals surface area contributed by atoms with Crippen LogP contribution in [0, 0.1) is 0 Å². The van der Waals surface area contributed by atoms with Gasteiger partial charge in [0, 0.05) is 44.6 Å². The molecule has 2 aromatic carbocycles. The summed E-state index contributed by atoms with van der Waals surface area (Å²) in [5, 5.41) is 4.47. The number of anilines is 1. The molecule has 33 heavy (non-hydrogen) atoms. The maximum Gasteiger partial charge on any atom is 0.274 e. The average Bonchev–Trinajstić information content (AvgIpc) is 3.52. The summed E-state index contributed by atoms with van der Waals surface area (Å²) in [6.07, 6.45) is 2.61. The van der Waals surface area contributed by atoms with Crippen molar-refractivity contribution in [2.45, 2.75) is 12.5 Å². The quantitative estimate of drug-likeness (QED) is 0.603.